The van der Waals surface area contributed by atoms with Gasteiger partial charge >= 0.3 is 0 Å². The van der Waals surface area contributed by atoms with E-state index in [4.69, 9.17) is 10.5 Å². The van der Waals surface area contributed by atoms with Crippen LogP contribution in [0.2, 0.25) is 0 Å². The monoisotopic (exact) mass is 311 g/mol. The van der Waals surface area contributed by atoms with Crippen molar-refractivity contribution in [2.75, 3.05) is 25.1 Å². The third kappa shape index (κ3) is 7.47. The predicted octanol–water partition coefficient (Wildman–Crippen LogP) is 3.45. The molecule has 2 rings (SSSR count). The topological polar surface area (TPSA) is 59.6 Å². The van der Waals surface area contributed by atoms with Crippen molar-refractivity contribution in [3.63, 3.8) is 0 Å². The molecule has 4 nitrogen and oxygen atoms in total. The molecule has 0 radical (unpaired) electrons. The van der Waals surface area contributed by atoms with Crippen LogP contribution >= 0.6 is 0 Å². The van der Waals surface area contributed by atoms with Crippen molar-refractivity contribution < 1.29 is 4.74 Å². The number of nitrogens with zero attached hydrogens (tertiary/aromatic N) is 1. The van der Waals surface area contributed by atoms with Gasteiger partial charge in [-0.3, -0.25) is 4.99 Å². The highest BCUT2D eigenvalue weighted by Gasteiger charge is 1.95. The fourth-order valence-electron chi connectivity index (χ4n) is 2.16. The molecule has 0 fully saturated rings. The van der Waals surface area contributed by atoms with Gasteiger partial charge in [0.25, 0.3) is 0 Å². The van der Waals surface area contributed by atoms with Crippen LogP contribution in [0.5, 0.6) is 0 Å². The van der Waals surface area contributed by atoms with Gasteiger partial charge in [0.15, 0.2) is 5.96 Å². The number of unbranched alkanes of at least 4 members (excludes halogenated alkanes) is 1. The van der Waals surface area contributed by atoms with E-state index in [-0.39, 0.29) is 0 Å². The Morgan fingerprint density at radius 3 is 2.35 bits per heavy atom. The zero-order chi connectivity index (χ0) is 16.2. The summed E-state index contributed by atoms with van der Waals surface area (Å²) in [7, 11) is 0. The van der Waals surface area contributed by atoms with E-state index >= 15 is 0 Å². The van der Waals surface area contributed by atoms with E-state index in [1.165, 1.54) is 5.56 Å². The largest absolute Gasteiger partial charge is 0.381 e. The first kappa shape index (κ1) is 17.0. The molecule has 23 heavy (non-hydrogen) atoms. The maximum Gasteiger partial charge on any atom is 0.193 e. The molecule has 0 aliphatic heterocycles. The summed E-state index contributed by atoms with van der Waals surface area (Å²) in [4.78, 5) is 4.31. The lowest BCUT2D eigenvalue weighted by atomic mass is 10.2. The van der Waals surface area contributed by atoms with Crippen LogP contribution in [0.4, 0.5) is 5.69 Å². The second-order valence-corrected chi connectivity index (χ2v) is 5.31. The van der Waals surface area contributed by atoms with Crippen LogP contribution in [0.25, 0.3) is 0 Å². The SMILES string of the molecule is NC(=NCCCCOCCc1ccccc1)Nc1ccccc1. The van der Waals surface area contributed by atoms with E-state index < -0.39 is 0 Å². The number of benzene rings is 2. The zero-order valence-corrected chi connectivity index (χ0v) is 13.4. The summed E-state index contributed by atoms with van der Waals surface area (Å²) in [6, 6.07) is 20.2. The predicted molar refractivity (Wildman–Crippen MR) is 96.8 cm³/mol. The fraction of sp³-hybridized carbons (Fsp3) is 0.316. The molecule has 0 saturated carbocycles. The Kier molecular flexibility index (Phi) is 7.70. The summed E-state index contributed by atoms with van der Waals surface area (Å²) in [5.41, 5.74) is 8.11. The van der Waals surface area contributed by atoms with Crippen molar-refractivity contribution in [3.05, 3.63) is 66.2 Å². The van der Waals surface area contributed by atoms with Crippen molar-refractivity contribution in [2.24, 2.45) is 10.7 Å². The number of guanidine groups is 1. The molecule has 4 heteroatoms. The first-order chi connectivity index (χ1) is 11.3. The highest BCUT2D eigenvalue weighted by molar-refractivity contribution is 5.92. The van der Waals surface area contributed by atoms with Crippen molar-refractivity contribution in [3.8, 4) is 0 Å². The van der Waals surface area contributed by atoms with E-state index in [0.29, 0.717) is 12.5 Å². The van der Waals surface area contributed by atoms with Crippen LogP contribution in [-0.2, 0) is 11.2 Å². The highest BCUT2D eigenvalue weighted by atomic mass is 16.5. The molecule has 3 N–H and O–H groups in total. The number of nitrogens with two attached hydrogens (primary N) is 1. The van der Waals surface area contributed by atoms with Gasteiger partial charge in [-0.05, 0) is 37.0 Å². The number of aliphatic imine (C=N–C) groups is 1. The van der Waals surface area contributed by atoms with Gasteiger partial charge in [0.05, 0.1) is 6.61 Å². The number of rotatable bonds is 9. The number of hydrogen-bond donors (Lipinski definition) is 2. The minimum absolute atomic E-state index is 0.459. The standard InChI is InChI=1S/C19H25N3O/c20-19(22-18-11-5-2-6-12-18)21-14-7-8-15-23-16-13-17-9-3-1-4-10-17/h1-6,9-12H,7-8,13-16H2,(H3,20,21,22). The van der Waals surface area contributed by atoms with Gasteiger partial charge in [-0.25, -0.2) is 0 Å². The third-order valence-corrected chi connectivity index (χ3v) is 3.40. The van der Waals surface area contributed by atoms with Gasteiger partial charge in [-0.15, -0.1) is 0 Å². The molecule has 0 heterocycles. The van der Waals surface area contributed by atoms with Gasteiger partial charge in [0, 0.05) is 18.8 Å². The van der Waals surface area contributed by atoms with Crippen LogP contribution < -0.4 is 11.1 Å². The molecule has 2 aromatic carbocycles. The smallest absolute Gasteiger partial charge is 0.193 e. The minimum atomic E-state index is 0.459. The first-order valence-electron chi connectivity index (χ1n) is 8.08. The van der Waals surface area contributed by atoms with E-state index in [9.17, 15) is 0 Å². The summed E-state index contributed by atoms with van der Waals surface area (Å²) in [5.74, 6) is 0.459. The van der Waals surface area contributed by atoms with Crippen LogP contribution in [0, 0.1) is 0 Å². The second kappa shape index (κ2) is 10.4. The summed E-state index contributed by atoms with van der Waals surface area (Å²) in [5, 5.41) is 3.07. The third-order valence-electron chi connectivity index (χ3n) is 3.40. The molecule has 2 aromatic rings. The normalized spacial score (nSPS) is 11.4. The summed E-state index contributed by atoms with van der Waals surface area (Å²) < 4.78 is 5.64. The summed E-state index contributed by atoms with van der Waals surface area (Å²) in [6.07, 6.45) is 2.94. The van der Waals surface area contributed by atoms with Gasteiger partial charge in [-0.2, -0.15) is 0 Å². The molecule has 0 bridgehead atoms. The molecule has 0 atom stereocenters. The van der Waals surface area contributed by atoms with Gasteiger partial charge in [0.2, 0.25) is 0 Å². The Morgan fingerprint density at radius 2 is 1.61 bits per heavy atom. The van der Waals surface area contributed by atoms with Crippen molar-refractivity contribution in [1.29, 1.82) is 0 Å². The summed E-state index contributed by atoms with van der Waals surface area (Å²) in [6.45, 7) is 2.26. The van der Waals surface area contributed by atoms with E-state index in [1.54, 1.807) is 0 Å². The van der Waals surface area contributed by atoms with E-state index in [1.807, 2.05) is 36.4 Å². The molecule has 0 amide bonds. The molecule has 122 valence electrons. The highest BCUT2D eigenvalue weighted by Crippen LogP contribution is 2.04. The Hall–Kier alpha value is -2.33. The van der Waals surface area contributed by atoms with Gasteiger partial charge < -0.3 is 15.8 Å². The molecule has 0 aliphatic carbocycles. The van der Waals surface area contributed by atoms with Crippen molar-refractivity contribution in [1.82, 2.24) is 0 Å². The number of nitrogens with one attached hydrogen (secondary N) is 1. The lowest BCUT2D eigenvalue weighted by Crippen LogP contribution is -2.22. The van der Waals surface area contributed by atoms with Crippen molar-refractivity contribution >= 4 is 11.6 Å². The average molecular weight is 311 g/mol. The molecular formula is C19H25N3O. The molecule has 0 spiro atoms. The number of anilines is 1. The van der Waals surface area contributed by atoms with E-state index in [0.717, 1.165) is 38.2 Å². The Morgan fingerprint density at radius 1 is 0.913 bits per heavy atom. The Labute approximate surface area is 138 Å². The number of ether oxygens (including phenoxy) is 1. The van der Waals surface area contributed by atoms with Crippen LogP contribution in [0.1, 0.15) is 18.4 Å². The molecule has 0 saturated heterocycles. The molecule has 0 aliphatic rings. The molecule has 0 unspecified atom stereocenters. The first-order valence-corrected chi connectivity index (χ1v) is 8.08. The number of para-hydroxylation sites is 1. The zero-order valence-electron chi connectivity index (χ0n) is 13.4. The second-order valence-electron chi connectivity index (χ2n) is 5.31. The van der Waals surface area contributed by atoms with Gasteiger partial charge in [-0.1, -0.05) is 48.5 Å². The quantitative estimate of drug-likeness (QED) is 0.423. The lowest BCUT2D eigenvalue weighted by Gasteiger charge is -2.06. The van der Waals surface area contributed by atoms with Crippen LogP contribution in [0.15, 0.2) is 65.7 Å². The van der Waals surface area contributed by atoms with Gasteiger partial charge in [0.1, 0.15) is 0 Å². The molecular weight excluding hydrogens is 286 g/mol. The maximum atomic E-state index is 5.84. The van der Waals surface area contributed by atoms with Crippen LogP contribution in [-0.4, -0.2) is 25.7 Å². The summed E-state index contributed by atoms with van der Waals surface area (Å²) >= 11 is 0. The van der Waals surface area contributed by atoms with E-state index in [2.05, 4.69) is 34.6 Å². The fourth-order valence-corrected chi connectivity index (χ4v) is 2.16. The lowest BCUT2D eigenvalue weighted by molar-refractivity contribution is 0.134. The maximum absolute atomic E-state index is 5.84. The number of hydrogen-bond acceptors (Lipinski definition) is 2. The Balaban J connectivity index is 1.49. The van der Waals surface area contributed by atoms with Crippen molar-refractivity contribution in [2.45, 2.75) is 19.3 Å². The minimum Gasteiger partial charge on any atom is -0.381 e. The molecule has 0 aromatic heterocycles. The average Bonchev–Trinajstić information content (AvgIpc) is 2.59. The Bertz CT molecular complexity index is 570. The van der Waals surface area contributed by atoms with Crippen LogP contribution in [0.3, 0.4) is 0 Å².